The Morgan fingerprint density at radius 3 is 2.53 bits per heavy atom. The van der Waals surface area contributed by atoms with Gasteiger partial charge in [0.1, 0.15) is 12.2 Å². The maximum absolute atomic E-state index is 13.4. The average Bonchev–Trinajstić information content (AvgIpc) is 3.19. The van der Waals surface area contributed by atoms with Gasteiger partial charge in [-0.05, 0) is 66.9 Å². The van der Waals surface area contributed by atoms with Crippen LogP contribution in [0.25, 0.3) is 0 Å². The number of fused-ring (bicyclic) bond motifs is 1. The predicted octanol–water partition coefficient (Wildman–Crippen LogP) is 4.20. The molecule has 0 saturated carbocycles. The summed E-state index contributed by atoms with van der Waals surface area (Å²) in [5.74, 6) is -0.921. The molecule has 4 rings (SSSR count). The molecule has 30 heavy (non-hydrogen) atoms. The lowest BCUT2D eigenvalue weighted by atomic mass is 9.99. The molecule has 1 atom stereocenters. The Labute approximate surface area is 175 Å². The number of hydrogen-bond acceptors (Lipinski definition) is 2. The maximum Gasteiger partial charge on any atom is 0.233 e. The molecule has 5 nitrogen and oxygen atoms in total. The third-order valence-electron chi connectivity index (χ3n) is 5.65. The summed E-state index contributed by atoms with van der Waals surface area (Å²) >= 11 is 0. The lowest BCUT2D eigenvalue weighted by Crippen LogP contribution is -2.43. The van der Waals surface area contributed by atoms with E-state index in [-0.39, 0.29) is 30.1 Å². The fourth-order valence-corrected chi connectivity index (χ4v) is 3.91. The Bertz CT molecular complexity index is 1090. The number of benzene rings is 2. The van der Waals surface area contributed by atoms with Gasteiger partial charge in [0, 0.05) is 30.7 Å². The highest BCUT2D eigenvalue weighted by molar-refractivity contribution is 6.03. The van der Waals surface area contributed by atoms with Crippen LogP contribution in [0.4, 0.5) is 10.1 Å². The molecule has 2 amide bonds. The van der Waals surface area contributed by atoms with Crippen LogP contribution in [0.3, 0.4) is 0 Å². The van der Waals surface area contributed by atoms with Gasteiger partial charge in [-0.25, -0.2) is 4.39 Å². The molecule has 1 aliphatic heterocycles. The summed E-state index contributed by atoms with van der Waals surface area (Å²) in [6.45, 7) is 5.13. The Hall–Kier alpha value is -3.41. The van der Waals surface area contributed by atoms with Crippen LogP contribution in [0, 0.1) is 19.7 Å². The van der Waals surface area contributed by atoms with Gasteiger partial charge in [0.25, 0.3) is 0 Å². The van der Waals surface area contributed by atoms with Crippen LogP contribution in [0.2, 0.25) is 0 Å². The zero-order valence-corrected chi connectivity index (χ0v) is 17.1. The van der Waals surface area contributed by atoms with Gasteiger partial charge in [-0.2, -0.15) is 0 Å². The molecule has 0 radical (unpaired) electrons. The summed E-state index contributed by atoms with van der Waals surface area (Å²) in [4.78, 5) is 27.3. The number of amides is 2. The van der Waals surface area contributed by atoms with Gasteiger partial charge in [-0.1, -0.05) is 18.2 Å². The molecule has 0 spiro atoms. The average molecular weight is 405 g/mol. The van der Waals surface area contributed by atoms with Gasteiger partial charge < -0.3 is 14.8 Å². The third-order valence-corrected chi connectivity index (χ3v) is 5.65. The van der Waals surface area contributed by atoms with E-state index < -0.39 is 0 Å². The number of anilines is 1. The van der Waals surface area contributed by atoms with Crippen molar-refractivity contribution >= 4 is 17.5 Å². The molecule has 2 aromatic carbocycles. The van der Waals surface area contributed by atoms with Crippen LogP contribution in [0.1, 0.15) is 34.8 Å². The van der Waals surface area contributed by atoms with E-state index in [9.17, 15) is 14.0 Å². The summed E-state index contributed by atoms with van der Waals surface area (Å²) in [6.07, 6.45) is 1.73. The SMILES string of the molecule is Cc1ccc(NC(=O)CC(=O)N2CCn3cccc3[C@H]2c2ccc(F)cc2)cc1C. The van der Waals surface area contributed by atoms with Crippen LogP contribution in [-0.2, 0) is 16.1 Å². The Kier molecular flexibility index (Phi) is 5.40. The van der Waals surface area contributed by atoms with Gasteiger partial charge in [0.2, 0.25) is 11.8 Å². The standard InChI is InChI=1S/C24H24FN3O2/c1-16-5-10-20(14-17(16)2)26-22(29)15-23(30)28-13-12-27-11-3-4-21(27)24(28)18-6-8-19(25)9-7-18/h3-11,14,24H,12-13,15H2,1-2H3,(H,26,29)/t24-/m1/s1. The first-order valence-corrected chi connectivity index (χ1v) is 9.99. The molecule has 0 bridgehead atoms. The Morgan fingerprint density at radius 2 is 1.80 bits per heavy atom. The van der Waals surface area contributed by atoms with Gasteiger partial charge in [-0.3, -0.25) is 9.59 Å². The first-order chi connectivity index (χ1) is 14.4. The van der Waals surface area contributed by atoms with Crippen molar-refractivity contribution in [3.05, 3.63) is 89.0 Å². The largest absolute Gasteiger partial charge is 0.348 e. The van der Waals surface area contributed by atoms with Crippen molar-refractivity contribution < 1.29 is 14.0 Å². The van der Waals surface area contributed by atoms with Gasteiger partial charge >= 0.3 is 0 Å². The molecule has 0 aliphatic carbocycles. The van der Waals surface area contributed by atoms with Gasteiger partial charge in [0.15, 0.2) is 0 Å². The van der Waals surface area contributed by atoms with Gasteiger partial charge in [-0.15, -0.1) is 0 Å². The third kappa shape index (κ3) is 3.99. The number of aromatic nitrogens is 1. The number of nitrogens with zero attached hydrogens (tertiary/aromatic N) is 2. The number of nitrogens with one attached hydrogen (secondary N) is 1. The minimum atomic E-state index is -0.351. The zero-order valence-electron chi connectivity index (χ0n) is 17.1. The summed E-state index contributed by atoms with van der Waals surface area (Å²) in [7, 11) is 0. The monoisotopic (exact) mass is 405 g/mol. The van der Waals surface area contributed by atoms with Crippen molar-refractivity contribution in [2.75, 3.05) is 11.9 Å². The molecule has 154 valence electrons. The smallest absolute Gasteiger partial charge is 0.233 e. The number of carbonyl (C=O) groups is 2. The molecular formula is C24H24FN3O2. The topological polar surface area (TPSA) is 54.3 Å². The fourth-order valence-electron chi connectivity index (χ4n) is 3.91. The van der Waals surface area contributed by atoms with Crippen LogP contribution >= 0.6 is 0 Å². The van der Waals surface area contributed by atoms with Crippen molar-refractivity contribution in [3.63, 3.8) is 0 Å². The number of halogens is 1. The van der Waals surface area contributed by atoms with Crippen molar-refractivity contribution in [2.45, 2.75) is 32.9 Å². The fraction of sp³-hybridized carbons (Fsp3) is 0.250. The molecule has 3 aromatic rings. The Balaban J connectivity index is 1.53. The second-order valence-electron chi connectivity index (χ2n) is 7.69. The molecule has 0 unspecified atom stereocenters. The van der Waals surface area contributed by atoms with Gasteiger partial charge in [0.05, 0.1) is 6.04 Å². The predicted molar refractivity (Wildman–Crippen MR) is 114 cm³/mol. The van der Waals surface area contributed by atoms with E-state index in [4.69, 9.17) is 0 Å². The maximum atomic E-state index is 13.4. The lowest BCUT2D eigenvalue weighted by Gasteiger charge is -2.37. The van der Waals surface area contributed by atoms with E-state index in [2.05, 4.69) is 9.88 Å². The van der Waals surface area contributed by atoms with Crippen molar-refractivity contribution in [1.29, 1.82) is 0 Å². The highest BCUT2D eigenvalue weighted by Crippen LogP contribution is 2.33. The molecule has 1 aliphatic rings. The lowest BCUT2D eigenvalue weighted by molar-refractivity contribution is -0.136. The quantitative estimate of drug-likeness (QED) is 0.662. The number of aryl methyl sites for hydroxylation is 2. The van der Waals surface area contributed by atoms with Crippen molar-refractivity contribution in [3.8, 4) is 0 Å². The molecule has 0 fully saturated rings. The number of rotatable bonds is 4. The summed E-state index contributed by atoms with van der Waals surface area (Å²) < 4.78 is 15.5. The van der Waals surface area contributed by atoms with E-state index >= 15 is 0 Å². The van der Waals surface area contributed by atoms with Crippen LogP contribution in [0.5, 0.6) is 0 Å². The highest BCUT2D eigenvalue weighted by Gasteiger charge is 2.32. The van der Waals surface area contributed by atoms with E-state index in [0.29, 0.717) is 18.8 Å². The van der Waals surface area contributed by atoms with E-state index in [0.717, 1.165) is 22.4 Å². The highest BCUT2D eigenvalue weighted by atomic mass is 19.1. The van der Waals surface area contributed by atoms with Crippen LogP contribution < -0.4 is 5.32 Å². The van der Waals surface area contributed by atoms with Crippen molar-refractivity contribution in [2.24, 2.45) is 0 Å². The van der Waals surface area contributed by atoms with Crippen LogP contribution in [0.15, 0.2) is 60.8 Å². The summed E-state index contributed by atoms with van der Waals surface area (Å²) in [5, 5.41) is 2.81. The second kappa shape index (κ2) is 8.14. The molecule has 6 heteroatoms. The summed E-state index contributed by atoms with van der Waals surface area (Å²) in [5.41, 5.74) is 4.67. The molecule has 0 saturated heterocycles. The molecular weight excluding hydrogens is 381 g/mol. The number of carbonyl (C=O) groups excluding carboxylic acids is 2. The Morgan fingerprint density at radius 1 is 1.03 bits per heavy atom. The number of hydrogen-bond donors (Lipinski definition) is 1. The van der Waals surface area contributed by atoms with Crippen molar-refractivity contribution in [1.82, 2.24) is 9.47 Å². The van der Waals surface area contributed by atoms with E-state index in [1.54, 1.807) is 17.0 Å². The second-order valence-corrected chi connectivity index (χ2v) is 7.69. The van der Waals surface area contributed by atoms with Crippen LogP contribution in [-0.4, -0.2) is 27.8 Å². The molecule has 1 N–H and O–H groups in total. The normalized spacial score (nSPS) is 15.6. The minimum Gasteiger partial charge on any atom is -0.348 e. The first-order valence-electron chi connectivity index (χ1n) is 9.99. The summed E-state index contributed by atoms with van der Waals surface area (Å²) in [6, 6.07) is 15.4. The first kappa shape index (κ1) is 19.9. The van der Waals surface area contributed by atoms with E-state index in [1.807, 2.05) is 50.4 Å². The molecule has 1 aromatic heterocycles. The van der Waals surface area contributed by atoms with E-state index in [1.165, 1.54) is 12.1 Å². The molecule has 2 heterocycles. The zero-order chi connectivity index (χ0) is 21.3. The minimum absolute atomic E-state index is 0.245.